The van der Waals surface area contributed by atoms with Crippen molar-refractivity contribution in [3.05, 3.63) is 58.6 Å². The predicted molar refractivity (Wildman–Crippen MR) is 91.6 cm³/mol. The first-order valence-corrected chi connectivity index (χ1v) is 7.55. The Balaban J connectivity index is 2.21. The summed E-state index contributed by atoms with van der Waals surface area (Å²) >= 11 is 11.8. The van der Waals surface area contributed by atoms with Crippen LogP contribution in [0.2, 0.25) is 10.0 Å². The third-order valence-corrected chi connectivity index (χ3v) is 3.54. The number of carbonyl (C=O) groups excluding carboxylic acids is 2. The highest BCUT2D eigenvalue weighted by Gasteiger charge is 2.24. The number of amides is 2. The van der Waals surface area contributed by atoms with Crippen LogP contribution in [0.15, 0.2) is 48.5 Å². The molecule has 0 N–H and O–H groups in total. The van der Waals surface area contributed by atoms with Gasteiger partial charge >= 0.3 is 12.2 Å². The van der Waals surface area contributed by atoms with E-state index in [1.54, 1.807) is 30.3 Å². The van der Waals surface area contributed by atoms with E-state index in [0.29, 0.717) is 5.02 Å². The number of hydrogen-bond donors (Lipinski definition) is 0. The first-order valence-electron chi connectivity index (χ1n) is 6.80. The predicted octanol–water partition coefficient (Wildman–Crippen LogP) is 4.61. The van der Waals surface area contributed by atoms with Crippen molar-refractivity contribution in [2.24, 2.45) is 0 Å². The van der Waals surface area contributed by atoms with Crippen LogP contribution in [-0.2, 0) is 4.84 Å². The van der Waals surface area contributed by atoms with Crippen molar-refractivity contribution in [3.8, 4) is 5.75 Å². The summed E-state index contributed by atoms with van der Waals surface area (Å²) < 4.78 is 5.02. The van der Waals surface area contributed by atoms with Gasteiger partial charge in [0, 0.05) is 14.1 Å². The highest BCUT2D eigenvalue weighted by Crippen LogP contribution is 2.28. The van der Waals surface area contributed by atoms with Gasteiger partial charge in [-0.05, 0) is 30.3 Å². The molecule has 2 amide bonds. The van der Waals surface area contributed by atoms with Gasteiger partial charge < -0.3 is 9.64 Å². The molecule has 0 aliphatic rings. The van der Waals surface area contributed by atoms with Crippen LogP contribution in [0.5, 0.6) is 5.75 Å². The van der Waals surface area contributed by atoms with Crippen LogP contribution in [0.1, 0.15) is 0 Å². The second-order valence-electron chi connectivity index (χ2n) is 4.83. The molecule has 24 heavy (non-hydrogen) atoms. The zero-order valence-electron chi connectivity index (χ0n) is 12.9. The number of benzene rings is 2. The Morgan fingerprint density at radius 2 is 1.62 bits per heavy atom. The number of ether oxygens (including phenoxy) is 1. The van der Waals surface area contributed by atoms with Crippen molar-refractivity contribution >= 4 is 41.1 Å². The Labute approximate surface area is 149 Å². The molecule has 2 aromatic rings. The van der Waals surface area contributed by atoms with Gasteiger partial charge in [0.1, 0.15) is 5.75 Å². The lowest BCUT2D eigenvalue weighted by molar-refractivity contribution is 0.0882. The highest BCUT2D eigenvalue weighted by molar-refractivity contribution is 6.42. The maximum absolute atomic E-state index is 12.3. The summed E-state index contributed by atoms with van der Waals surface area (Å²) in [5.74, 6) is 0.286. The zero-order chi connectivity index (χ0) is 17.7. The van der Waals surface area contributed by atoms with E-state index in [1.165, 1.54) is 37.2 Å². The molecule has 126 valence electrons. The number of anilines is 1. The monoisotopic (exact) mass is 368 g/mol. The molecule has 0 atom stereocenters. The number of urea groups is 1. The fourth-order valence-corrected chi connectivity index (χ4v) is 1.97. The standard InChI is InChI=1S/C16H14Cl2N2O4/c1-19(2)15(21)20(11-8-9-13(17)14(18)10-11)24-16(22)23-12-6-4-3-5-7-12/h3-10H,1-2H3. The molecule has 0 heterocycles. The zero-order valence-corrected chi connectivity index (χ0v) is 14.4. The molecule has 0 fully saturated rings. The molecular formula is C16H14Cl2N2O4. The van der Waals surface area contributed by atoms with Crippen molar-refractivity contribution in [3.63, 3.8) is 0 Å². The minimum absolute atomic E-state index is 0.214. The normalized spacial score (nSPS) is 10.0. The maximum atomic E-state index is 12.3. The average Bonchev–Trinajstić information content (AvgIpc) is 2.55. The minimum Gasteiger partial charge on any atom is -0.393 e. The quantitative estimate of drug-likeness (QED) is 0.441. The summed E-state index contributed by atoms with van der Waals surface area (Å²) in [6.07, 6.45) is -1.07. The highest BCUT2D eigenvalue weighted by atomic mass is 35.5. The molecule has 8 heteroatoms. The molecule has 0 bridgehead atoms. The Morgan fingerprint density at radius 3 is 2.21 bits per heavy atom. The van der Waals surface area contributed by atoms with Gasteiger partial charge in [-0.25, -0.2) is 9.59 Å². The molecule has 0 radical (unpaired) electrons. The number of nitrogens with zero attached hydrogens (tertiary/aromatic N) is 2. The first kappa shape index (κ1) is 17.9. The second kappa shape index (κ2) is 7.90. The van der Waals surface area contributed by atoms with Gasteiger partial charge in [0.05, 0.1) is 15.7 Å². The third-order valence-electron chi connectivity index (χ3n) is 2.80. The molecular weight excluding hydrogens is 355 g/mol. The second-order valence-corrected chi connectivity index (χ2v) is 5.64. The van der Waals surface area contributed by atoms with E-state index < -0.39 is 12.2 Å². The molecule has 0 spiro atoms. The lowest BCUT2D eigenvalue weighted by Gasteiger charge is -2.24. The molecule has 0 saturated carbocycles. The van der Waals surface area contributed by atoms with Gasteiger partial charge in [-0.2, -0.15) is 0 Å². The Kier molecular flexibility index (Phi) is 5.89. The lowest BCUT2D eigenvalue weighted by Crippen LogP contribution is -2.41. The van der Waals surface area contributed by atoms with Crippen LogP contribution in [0, 0.1) is 0 Å². The number of hydroxylamine groups is 1. The fourth-order valence-electron chi connectivity index (χ4n) is 1.67. The molecule has 0 aliphatic carbocycles. The van der Waals surface area contributed by atoms with Crippen LogP contribution in [0.3, 0.4) is 0 Å². The van der Waals surface area contributed by atoms with E-state index in [1.807, 2.05) is 0 Å². The summed E-state index contributed by atoms with van der Waals surface area (Å²) in [5, 5.41) is 1.29. The fraction of sp³-hybridized carbons (Fsp3) is 0.125. The van der Waals surface area contributed by atoms with E-state index >= 15 is 0 Å². The molecule has 2 aromatic carbocycles. The Hall–Kier alpha value is -2.44. The Morgan fingerprint density at radius 1 is 0.958 bits per heavy atom. The van der Waals surface area contributed by atoms with E-state index in [9.17, 15) is 9.59 Å². The largest absolute Gasteiger partial charge is 0.539 e. The lowest BCUT2D eigenvalue weighted by atomic mass is 10.3. The topological polar surface area (TPSA) is 59.1 Å². The molecule has 2 rings (SSSR count). The van der Waals surface area contributed by atoms with Gasteiger partial charge in [-0.1, -0.05) is 41.4 Å². The number of para-hydroxylation sites is 1. The van der Waals surface area contributed by atoms with Gasteiger partial charge in [0.15, 0.2) is 0 Å². The summed E-state index contributed by atoms with van der Waals surface area (Å²) in [6.45, 7) is 0. The number of hydrogen-bond acceptors (Lipinski definition) is 4. The minimum atomic E-state index is -1.07. The molecule has 6 nitrogen and oxygen atoms in total. The van der Waals surface area contributed by atoms with Gasteiger partial charge in [0.25, 0.3) is 0 Å². The average molecular weight is 369 g/mol. The van der Waals surface area contributed by atoms with Crippen LogP contribution >= 0.6 is 23.2 Å². The number of halogens is 2. The number of rotatable bonds is 2. The summed E-state index contributed by atoms with van der Waals surface area (Å²) in [5.41, 5.74) is 0.230. The van der Waals surface area contributed by atoms with E-state index in [0.717, 1.165) is 5.06 Å². The van der Waals surface area contributed by atoms with Gasteiger partial charge in [-0.15, -0.1) is 5.06 Å². The van der Waals surface area contributed by atoms with E-state index in [4.69, 9.17) is 32.8 Å². The molecule has 0 aliphatic heterocycles. The Bertz CT molecular complexity index is 738. The van der Waals surface area contributed by atoms with Gasteiger partial charge in [0.2, 0.25) is 0 Å². The van der Waals surface area contributed by atoms with E-state index in [-0.39, 0.29) is 16.5 Å². The van der Waals surface area contributed by atoms with E-state index in [2.05, 4.69) is 0 Å². The summed E-state index contributed by atoms with van der Waals surface area (Å²) in [6, 6.07) is 12.1. The summed E-state index contributed by atoms with van der Waals surface area (Å²) in [4.78, 5) is 30.5. The molecule has 0 saturated heterocycles. The van der Waals surface area contributed by atoms with Crippen molar-refractivity contribution in [1.82, 2.24) is 4.90 Å². The summed E-state index contributed by atoms with van der Waals surface area (Å²) in [7, 11) is 3.03. The van der Waals surface area contributed by atoms with Crippen molar-refractivity contribution < 1.29 is 19.2 Å². The van der Waals surface area contributed by atoms with Crippen LogP contribution in [0.25, 0.3) is 0 Å². The van der Waals surface area contributed by atoms with Gasteiger partial charge in [-0.3, -0.25) is 4.84 Å². The van der Waals surface area contributed by atoms with Crippen molar-refractivity contribution in [2.45, 2.75) is 0 Å². The van der Waals surface area contributed by atoms with Crippen LogP contribution < -0.4 is 9.80 Å². The third kappa shape index (κ3) is 4.53. The van der Waals surface area contributed by atoms with Crippen LogP contribution in [-0.4, -0.2) is 31.2 Å². The SMILES string of the molecule is CN(C)C(=O)N(OC(=O)Oc1ccccc1)c1ccc(Cl)c(Cl)c1. The smallest absolute Gasteiger partial charge is 0.393 e. The molecule has 0 unspecified atom stereocenters. The maximum Gasteiger partial charge on any atom is 0.539 e. The van der Waals surface area contributed by atoms with Crippen molar-refractivity contribution in [1.29, 1.82) is 0 Å². The molecule has 0 aromatic heterocycles. The van der Waals surface area contributed by atoms with Crippen LogP contribution in [0.4, 0.5) is 15.3 Å². The number of carbonyl (C=O) groups is 2. The van der Waals surface area contributed by atoms with Crippen molar-refractivity contribution in [2.75, 3.05) is 19.2 Å². The first-order chi connectivity index (χ1) is 11.4.